The Kier molecular flexibility index (Phi) is 4.35. The van der Waals surface area contributed by atoms with Gasteiger partial charge in [-0.25, -0.2) is 0 Å². The first-order valence-electron chi connectivity index (χ1n) is 10.3. The molecular weight excluding hydrogens is 376 g/mol. The van der Waals surface area contributed by atoms with Crippen molar-refractivity contribution in [3.05, 3.63) is 29.3 Å². The van der Waals surface area contributed by atoms with Crippen molar-refractivity contribution in [1.82, 2.24) is 0 Å². The lowest BCUT2D eigenvalue weighted by Gasteiger charge is -2.42. The molecule has 0 aromatic heterocycles. The fourth-order valence-electron chi connectivity index (χ4n) is 5.11. The van der Waals surface area contributed by atoms with Crippen LogP contribution in [0, 0.1) is 0 Å². The molecule has 7 heteroatoms. The number of ketones is 1. The van der Waals surface area contributed by atoms with Crippen LogP contribution in [0.2, 0.25) is 0 Å². The van der Waals surface area contributed by atoms with Crippen molar-refractivity contribution in [2.45, 2.75) is 88.7 Å². The molecule has 1 aromatic carbocycles. The average molecular weight is 404 g/mol. The molecule has 29 heavy (non-hydrogen) atoms. The molecular formula is C22H28O7. The Hall–Kier alpha value is -1.51. The van der Waals surface area contributed by atoms with E-state index in [1.54, 1.807) is 7.11 Å². The molecule has 158 valence electrons. The van der Waals surface area contributed by atoms with Gasteiger partial charge in [0.25, 0.3) is 0 Å². The van der Waals surface area contributed by atoms with E-state index in [0.29, 0.717) is 12.8 Å². The normalized spacial score (nSPS) is 39.6. The highest BCUT2D eigenvalue weighted by atomic mass is 16.9. The summed E-state index contributed by atoms with van der Waals surface area (Å²) in [6, 6.07) is 5.62. The molecule has 3 fully saturated rings. The molecule has 3 saturated heterocycles. The average Bonchev–Trinajstić information content (AvgIpc) is 3.15. The number of methoxy groups -OCH3 is 1. The molecule has 5 rings (SSSR count). The van der Waals surface area contributed by atoms with E-state index in [0.717, 1.165) is 16.9 Å². The Morgan fingerprint density at radius 3 is 2.31 bits per heavy atom. The maximum Gasteiger partial charge on any atom is 0.190 e. The zero-order chi connectivity index (χ0) is 20.6. The van der Waals surface area contributed by atoms with E-state index in [1.807, 2.05) is 45.9 Å². The predicted molar refractivity (Wildman–Crippen MR) is 102 cm³/mol. The number of carbonyl (C=O) groups is 1. The summed E-state index contributed by atoms with van der Waals surface area (Å²) < 4.78 is 36.5. The van der Waals surface area contributed by atoms with Crippen LogP contribution in [0.1, 0.15) is 62.4 Å². The summed E-state index contributed by atoms with van der Waals surface area (Å²) in [7, 11) is 1.63. The highest BCUT2D eigenvalue weighted by Gasteiger charge is 2.62. The number of hydrogen-bond donors (Lipinski definition) is 0. The van der Waals surface area contributed by atoms with Gasteiger partial charge in [-0.1, -0.05) is 0 Å². The summed E-state index contributed by atoms with van der Waals surface area (Å²) in [6.07, 6.45) is -0.688. The smallest absolute Gasteiger partial charge is 0.190 e. The number of ether oxygens (including phenoxy) is 6. The highest BCUT2D eigenvalue weighted by molar-refractivity contribution is 5.99. The molecule has 3 aliphatic heterocycles. The first-order valence-corrected chi connectivity index (χ1v) is 10.3. The van der Waals surface area contributed by atoms with Gasteiger partial charge in [0, 0.05) is 17.9 Å². The quantitative estimate of drug-likeness (QED) is 0.750. The van der Waals surface area contributed by atoms with Crippen LogP contribution in [0.4, 0.5) is 0 Å². The van der Waals surface area contributed by atoms with Crippen LogP contribution in [0.25, 0.3) is 0 Å². The topological polar surface area (TPSA) is 72.5 Å². The van der Waals surface area contributed by atoms with Gasteiger partial charge in [0.1, 0.15) is 24.1 Å². The van der Waals surface area contributed by atoms with E-state index < -0.39 is 17.9 Å². The van der Waals surface area contributed by atoms with E-state index in [2.05, 4.69) is 0 Å². The second-order valence-electron chi connectivity index (χ2n) is 9.16. The number of hydrogen-bond acceptors (Lipinski definition) is 7. The van der Waals surface area contributed by atoms with Crippen molar-refractivity contribution < 1.29 is 33.2 Å². The van der Waals surface area contributed by atoms with Crippen LogP contribution in [-0.4, -0.2) is 55.2 Å². The Balaban J connectivity index is 1.54. The van der Waals surface area contributed by atoms with E-state index in [4.69, 9.17) is 28.4 Å². The van der Waals surface area contributed by atoms with E-state index in [-0.39, 0.29) is 36.1 Å². The maximum absolute atomic E-state index is 12.5. The van der Waals surface area contributed by atoms with Gasteiger partial charge in [-0.05, 0) is 57.9 Å². The molecule has 0 radical (unpaired) electrons. The fourth-order valence-corrected chi connectivity index (χ4v) is 5.11. The molecule has 0 spiro atoms. The molecule has 3 heterocycles. The predicted octanol–water partition coefficient (Wildman–Crippen LogP) is 3.15. The Morgan fingerprint density at radius 1 is 0.931 bits per heavy atom. The number of Topliss-reactive ketones (excluding diaryl/α,β-unsaturated/α-hetero) is 1. The van der Waals surface area contributed by atoms with Gasteiger partial charge < -0.3 is 28.4 Å². The maximum atomic E-state index is 12.5. The minimum atomic E-state index is -0.755. The molecule has 0 bridgehead atoms. The van der Waals surface area contributed by atoms with Crippen molar-refractivity contribution in [2.75, 3.05) is 7.11 Å². The van der Waals surface area contributed by atoms with Gasteiger partial charge in [0.15, 0.2) is 23.6 Å². The van der Waals surface area contributed by atoms with E-state index in [1.165, 1.54) is 0 Å². The Morgan fingerprint density at radius 2 is 1.59 bits per heavy atom. The SMILES string of the molecule is COc1ccc2c(c1)C([C@H]1O[C@@H]3OC(C)(C)O[C@@H]3[C@H]3OC(C)(C)O[C@H]31)CCC2=O. The standard InChI is InChI=1S/C22H28O7/c1-21(2)26-17-16(25-20-19(18(17)27-21)28-22(3,4)29-20)13-8-9-15(23)12-7-6-11(24-5)10-14(12)13/h6-7,10,13,16-20H,8-9H2,1-5H3/t13?,16-,17+,18+,19-,20-/m1/s1. The van der Waals surface area contributed by atoms with Crippen LogP contribution >= 0.6 is 0 Å². The molecule has 1 aliphatic carbocycles. The number of rotatable bonds is 2. The second-order valence-corrected chi connectivity index (χ2v) is 9.16. The van der Waals surface area contributed by atoms with Crippen molar-refractivity contribution in [3.63, 3.8) is 0 Å². The molecule has 0 saturated carbocycles. The van der Waals surface area contributed by atoms with Crippen LogP contribution in [-0.2, 0) is 23.7 Å². The van der Waals surface area contributed by atoms with Gasteiger partial charge in [-0.3, -0.25) is 4.79 Å². The molecule has 4 aliphatic rings. The van der Waals surface area contributed by atoms with Gasteiger partial charge >= 0.3 is 0 Å². The fraction of sp³-hybridized carbons (Fsp3) is 0.682. The van der Waals surface area contributed by atoms with Gasteiger partial charge in [0.05, 0.1) is 13.2 Å². The molecule has 0 amide bonds. The minimum Gasteiger partial charge on any atom is -0.497 e. The van der Waals surface area contributed by atoms with Crippen molar-refractivity contribution in [2.24, 2.45) is 0 Å². The van der Waals surface area contributed by atoms with Gasteiger partial charge in [-0.2, -0.15) is 0 Å². The minimum absolute atomic E-state index is 0.0314. The summed E-state index contributed by atoms with van der Waals surface area (Å²) in [5, 5.41) is 0. The van der Waals surface area contributed by atoms with Crippen LogP contribution in [0.3, 0.4) is 0 Å². The molecule has 6 atom stereocenters. The van der Waals surface area contributed by atoms with Crippen molar-refractivity contribution in [3.8, 4) is 5.75 Å². The molecule has 0 N–H and O–H groups in total. The van der Waals surface area contributed by atoms with Crippen molar-refractivity contribution >= 4 is 5.78 Å². The second kappa shape index (κ2) is 6.49. The van der Waals surface area contributed by atoms with Crippen LogP contribution in [0.15, 0.2) is 18.2 Å². The van der Waals surface area contributed by atoms with Crippen molar-refractivity contribution in [1.29, 1.82) is 0 Å². The first kappa shape index (κ1) is 19.5. The lowest BCUT2D eigenvalue weighted by molar-refractivity contribution is -0.239. The lowest BCUT2D eigenvalue weighted by atomic mass is 9.76. The molecule has 1 unspecified atom stereocenters. The van der Waals surface area contributed by atoms with E-state index in [9.17, 15) is 4.79 Å². The molecule has 1 aromatic rings. The first-order chi connectivity index (χ1) is 13.7. The van der Waals surface area contributed by atoms with E-state index >= 15 is 0 Å². The number of carbonyl (C=O) groups excluding carboxylic acids is 1. The third-order valence-electron chi connectivity index (χ3n) is 6.23. The zero-order valence-electron chi connectivity index (χ0n) is 17.5. The highest BCUT2D eigenvalue weighted by Crippen LogP contribution is 2.49. The summed E-state index contributed by atoms with van der Waals surface area (Å²) in [5.41, 5.74) is 1.67. The lowest BCUT2D eigenvalue weighted by Crippen LogP contribution is -2.57. The summed E-state index contributed by atoms with van der Waals surface area (Å²) in [5.74, 6) is -0.664. The van der Waals surface area contributed by atoms with Crippen LogP contribution < -0.4 is 4.74 Å². The third kappa shape index (κ3) is 3.20. The summed E-state index contributed by atoms with van der Waals surface area (Å²) in [6.45, 7) is 7.55. The largest absolute Gasteiger partial charge is 0.497 e. The monoisotopic (exact) mass is 404 g/mol. The van der Waals surface area contributed by atoms with Gasteiger partial charge in [-0.15, -0.1) is 0 Å². The van der Waals surface area contributed by atoms with Crippen LogP contribution in [0.5, 0.6) is 5.75 Å². The summed E-state index contributed by atoms with van der Waals surface area (Å²) >= 11 is 0. The third-order valence-corrected chi connectivity index (χ3v) is 6.23. The van der Waals surface area contributed by atoms with Gasteiger partial charge in [0.2, 0.25) is 0 Å². The number of fused-ring (bicyclic) bond motifs is 4. The molecule has 7 nitrogen and oxygen atoms in total. The Labute approximate surface area is 170 Å². The number of benzene rings is 1. The zero-order valence-corrected chi connectivity index (χ0v) is 17.5. The Bertz CT molecular complexity index is 832. The summed E-state index contributed by atoms with van der Waals surface area (Å²) in [4.78, 5) is 12.5.